The van der Waals surface area contributed by atoms with Crippen LogP contribution in [0.4, 0.5) is 5.69 Å². The summed E-state index contributed by atoms with van der Waals surface area (Å²) in [7, 11) is -2.13. The Bertz CT molecular complexity index is 955. The Morgan fingerprint density at radius 1 is 1.10 bits per heavy atom. The van der Waals surface area contributed by atoms with Crippen LogP contribution in [-0.4, -0.2) is 33.7 Å². The van der Waals surface area contributed by atoms with E-state index in [1.807, 2.05) is 32.9 Å². The standard InChI is InChI=1S/C22H30N2O4S/c1-7-21(18-9-8-15(2)16(3)14-18)23-22(25)17(4)24(29(6,26)27)19-10-12-20(28-5)13-11-19/h8-14,17,21H,7H2,1-6H3,(H,23,25)/t17-,21+/m1/s1. The second kappa shape index (κ2) is 9.31. The fourth-order valence-corrected chi connectivity index (χ4v) is 4.41. The number of methoxy groups -OCH3 is 1. The highest BCUT2D eigenvalue weighted by molar-refractivity contribution is 7.92. The number of benzene rings is 2. The van der Waals surface area contributed by atoms with Crippen molar-refractivity contribution in [2.24, 2.45) is 0 Å². The molecule has 6 nitrogen and oxygen atoms in total. The van der Waals surface area contributed by atoms with E-state index in [2.05, 4.69) is 11.4 Å². The van der Waals surface area contributed by atoms with Crippen molar-refractivity contribution >= 4 is 21.6 Å². The molecule has 0 saturated carbocycles. The summed E-state index contributed by atoms with van der Waals surface area (Å²) in [5, 5.41) is 3.00. The van der Waals surface area contributed by atoms with Gasteiger partial charge in [-0.15, -0.1) is 0 Å². The van der Waals surface area contributed by atoms with E-state index in [9.17, 15) is 13.2 Å². The molecule has 0 saturated heterocycles. The average Bonchev–Trinajstić information content (AvgIpc) is 2.67. The molecule has 2 aromatic rings. The average molecular weight is 419 g/mol. The van der Waals surface area contributed by atoms with E-state index in [-0.39, 0.29) is 11.9 Å². The van der Waals surface area contributed by atoms with Gasteiger partial charge in [-0.1, -0.05) is 25.1 Å². The SMILES string of the molecule is CC[C@H](NC(=O)[C@@H](C)N(c1ccc(OC)cc1)S(C)(=O)=O)c1ccc(C)c(C)c1. The van der Waals surface area contributed by atoms with Crippen LogP contribution in [0.3, 0.4) is 0 Å². The lowest BCUT2D eigenvalue weighted by molar-refractivity contribution is -0.122. The Morgan fingerprint density at radius 2 is 1.72 bits per heavy atom. The smallest absolute Gasteiger partial charge is 0.244 e. The second-order valence-electron chi connectivity index (χ2n) is 7.25. The maximum absolute atomic E-state index is 13.0. The molecule has 0 bridgehead atoms. The molecule has 29 heavy (non-hydrogen) atoms. The van der Waals surface area contributed by atoms with E-state index in [1.54, 1.807) is 31.2 Å². The molecule has 0 aromatic heterocycles. The quantitative estimate of drug-likeness (QED) is 0.709. The predicted molar refractivity (Wildman–Crippen MR) is 117 cm³/mol. The van der Waals surface area contributed by atoms with Gasteiger partial charge in [0.25, 0.3) is 0 Å². The number of hydrogen-bond donors (Lipinski definition) is 1. The van der Waals surface area contributed by atoms with Gasteiger partial charge in [-0.05, 0) is 68.1 Å². The number of carbonyl (C=O) groups excluding carboxylic acids is 1. The number of carbonyl (C=O) groups is 1. The maximum Gasteiger partial charge on any atom is 0.244 e. The van der Waals surface area contributed by atoms with Crippen LogP contribution in [0.15, 0.2) is 42.5 Å². The first-order chi connectivity index (χ1) is 13.6. The van der Waals surface area contributed by atoms with Gasteiger partial charge in [0.15, 0.2) is 0 Å². The Balaban J connectivity index is 2.28. The number of anilines is 1. The highest BCUT2D eigenvalue weighted by atomic mass is 32.2. The second-order valence-corrected chi connectivity index (χ2v) is 9.11. The zero-order valence-corrected chi connectivity index (χ0v) is 18.7. The van der Waals surface area contributed by atoms with E-state index in [4.69, 9.17) is 4.74 Å². The van der Waals surface area contributed by atoms with E-state index >= 15 is 0 Å². The van der Waals surface area contributed by atoms with Gasteiger partial charge in [0.2, 0.25) is 15.9 Å². The normalized spacial score (nSPS) is 13.4. The zero-order chi connectivity index (χ0) is 21.8. The molecule has 0 heterocycles. The largest absolute Gasteiger partial charge is 0.497 e. The van der Waals surface area contributed by atoms with E-state index < -0.39 is 16.1 Å². The molecule has 0 spiro atoms. The minimum Gasteiger partial charge on any atom is -0.497 e. The summed E-state index contributed by atoms with van der Waals surface area (Å²) >= 11 is 0. The van der Waals surface area contributed by atoms with Gasteiger partial charge in [0.1, 0.15) is 11.8 Å². The summed E-state index contributed by atoms with van der Waals surface area (Å²) in [4.78, 5) is 13.0. The lowest BCUT2D eigenvalue weighted by atomic mass is 9.99. The lowest BCUT2D eigenvalue weighted by Gasteiger charge is -2.30. The zero-order valence-electron chi connectivity index (χ0n) is 17.9. The van der Waals surface area contributed by atoms with Gasteiger partial charge in [0, 0.05) is 0 Å². The molecule has 0 unspecified atom stereocenters. The van der Waals surface area contributed by atoms with Gasteiger partial charge in [-0.2, -0.15) is 0 Å². The molecule has 2 atom stereocenters. The summed E-state index contributed by atoms with van der Waals surface area (Å²) in [6, 6.07) is 11.6. The number of nitrogens with one attached hydrogen (secondary N) is 1. The summed E-state index contributed by atoms with van der Waals surface area (Å²) < 4.78 is 31.2. The number of sulfonamides is 1. The molecule has 158 valence electrons. The first kappa shape index (κ1) is 22.7. The molecular weight excluding hydrogens is 388 g/mol. The minimum absolute atomic E-state index is 0.193. The number of nitrogens with zero attached hydrogens (tertiary/aromatic N) is 1. The summed E-state index contributed by atoms with van der Waals surface area (Å²) in [6.45, 7) is 7.65. The van der Waals surface area contributed by atoms with Crippen LogP contribution in [-0.2, 0) is 14.8 Å². The van der Waals surface area contributed by atoms with Crippen LogP contribution in [0.5, 0.6) is 5.75 Å². The van der Waals surface area contributed by atoms with Gasteiger partial charge in [-0.25, -0.2) is 8.42 Å². The molecule has 0 radical (unpaired) electrons. The van der Waals surface area contributed by atoms with Crippen LogP contribution in [0, 0.1) is 13.8 Å². The Labute approximate surface area is 173 Å². The van der Waals surface area contributed by atoms with Gasteiger partial charge in [-0.3, -0.25) is 9.10 Å². The van der Waals surface area contributed by atoms with Crippen molar-refractivity contribution in [2.45, 2.75) is 46.2 Å². The van der Waals surface area contributed by atoms with Gasteiger partial charge < -0.3 is 10.1 Å². The van der Waals surface area contributed by atoms with Crippen molar-refractivity contribution in [1.29, 1.82) is 0 Å². The minimum atomic E-state index is -3.67. The summed E-state index contributed by atoms with van der Waals surface area (Å²) in [5.74, 6) is 0.261. The monoisotopic (exact) mass is 418 g/mol. The first-order valence-electron chi connectivity index (χ1n) is 9.59. The van der Waals surface area contributed by atoms with Crippen molar-refractivity contribution in [1.82, 2.24) is 5.32 Å². The number of hydrogen-bond acceptors (Lipinski definition) is 4. The molecule has 0 aliphatic rings. The molecule has 7 heteroatoms. The topological polar surface area (TPSA) is 75.7 Å². The molecule has 2 aromatic carbocycles. The summed E-state index contributed by atoms with van der Waals surface area (Å²) in [6.07, 6.45) is 1.80. The van der Waals surface area contributed by atoms with E-state index in [0.717, 1.165) is 21.7 Å². The van der Waals surface area contributed by atoms with Crippen LogP contribution in [0.25, 0.3) is 0 Å². The first-order valence-corrected chi connectivity index (χ1v) is 11.4. The van der Waals surface area contributed by atoms with Crippen LogP contribution in [0.2, 0.25) is 0 Å². The molecule has 2 rings (SSSR count). The highest BCUT2D eigenvalue weighted by Gasteiger charge is 2.30. The van der Waals surface area contributed by atoms with Crippen LogP contribution >= 0.6 is 0 Å². The van der Waals surface area contributed by atoms with Crippen LogP contribution < -0.4 is 14.4 Å². The summed E-state index contributed by atoms with van der Waals surface area (Å²) in [5.41, 5.74) is 3.76. The third-order valence-corrected chi connectivity index (χ3v) is 6.32. The molecule has 1 N–H and O–H groups in total. The van der Waals surface area contributed by atoms with Crippen molar-refractivity contribution in [3.8, 4) is 5.75 Å². The van der Waals surface area contributed by atoms with Crippen molar-refractivity contribution < 1.29 is 17.9 Å². The van der Waals surface area contributed by atoms with E-state index in [0.29, 0.717) is 17.9 Å². The van der Waals surface area contributed by atoms with Crippen molar-refractivity contribution in [3.63, 3.8) is 0 Å². The maximum atomic E-state index is 13.0. The fraction of sp³-hybridized carbons (Fsp3) is 0.409. The van der Waals surface area contributed by atoms with Gasteiger partial charge >= 0.3 is 0 Å². The third kappa shape index (κ3) is 5.50. The van der Waals surface area contributed by atoms with Gasteiger partial charge in [0.05, 0.1) is 25.1 Å². The molecule has 0 aliphatic heterocycles. The highest BCUT2D eigenvalue weighted by Crippen LogP contribution is 2.25. The van der Waals surface area contributed by atoms with Crippen molar-refractivity contribution in [2.75, 3.05) is 17.7 Å². The predicted octanol–water partition coefficient (Wildman–Crippen LogP) is 3.73. The fourth-order valence-electron chi connectivity index (χ4n) is 3.23. The number of ether oxygens (including phenoxy) is 1. The number of amides is 1. The Kier molecular flexibility index (Phi) is 7.30. The number of aryl methyl sites for hydroxylation is 2. The Morgan fingerprint density at radius 3 is 2.21 bits per heavy atom. The van der Waals surface area contributed by atoms with Crippen molar-refractivity contribution in [3.05, 3.63) is 59.2 Å². The van der Waals surface area contributed by atoms with Crippen LogP contribution in [0.1, 0.15) is 43.0 Å². The molecule has 0 aliphatic carbocycles. The third-order valence-electron chi connectivity index (χ3n) is 5.07. The Hall–Kier alpha value is -2.54. The molecule has 1 amide bonds. The lowest BCUT2D eigenvalue weighted by Crippen LogP contribution is -2.48. The molecular formula is C22H30N2O4S. The molecule has 0 fully saturated rings. The number of rotatable bonds is 8. The van der Waals surface area contributed by atoms with E-state index in [1.165, 1.54) is 12.7 Å².